The van der Waals surface area contributed by atoms with E-state index in [4.69, 9.17) is 10.5 Å². The molecule has 0 spiro atoms. The summed E-state index contributed by atoms with van der Waals surface area (Å²) in [6.45, 7) is 2.28. The zero-order chi connectivity index (χ0) is 14.6. The SMILES string of the molecule is CCCCCCCCCCCCC(N)C(OC)C1CC1. The molecule has 0 bridgehead atoms. The van der Waals surface area contributed by atoms with Gasteiger partial charge >= 0.3 is 0 Å². The first kappa shape index (κ1) is 18.0. The summed E-state index contributed by atoms with van der Waals surface area (Å²) in [7, 11) is 1.82. The van der Waals surface area contributed by atoms with Crippen LogP contribution in [0.25, 0.3) is 0 Å². The third kappa shape index (κ3) is 8.26. The van der Waals surface area contributed by atoms with Crippen molar-refractivity contribution in [2.75, 3.05) is 7.11 Å². The summed E-state index contributed by atoms with van der Waals surface area (Å²) in [4.78, 5) is 0. The zero-order valence-corrected chi connectivity index (χ0v) is 13.9. The normalized spacial score (nSPS) is 18.1. The quantitative estimate of drug-likeness (QED) is 0.453. The van der Waals surface area contributed by atoms with E-state index < -0.39 is 0 Å². The lowest BCUT2D eigenvalue weighted by Gasteiger charge is -2.22. The van der Waals surface area contributed by atoms with Crippen LogP contribution in [0.4, 0.5) is 0 Å². The minimum Gasteiger partial charge on any atom is -0.380 e. The van der Waals surface area contributed by atoms with Crippen LogP contribution in [0, 0.1) is 5.92 Å². The largest absolute Gasteiger partial charge is 0.380 e. The number of methoxy groups -OCH3 is 1. The Kier molecular flexibility index (Phi) is 10.4. The third-order valence-electron chi connectivity index (χ3n) is 4.67. The van der Waals surface area contributed by atoms with Gasteiger partial charge < -0.3 is 10.5 Å². The van der Waals surface area contributed by atoms with Crippen LogP contribution in [0.5, 0.6) is 0 Å². The Labute approximate surface area is 126 Å². The van der Waals surface area contributed by atoms with Gasteiger partial charge in [-0.2, -0.15) is 0 Å². The molecule has 1 saturated carbocycles. The van der Waals surface area contributed by atoms with Crippen molar-refractivity contribution in [2.24, 2.45) is 11.7 Å². The van der Waals surface area contributed by atoms with Crippen LogP contribution in [-0.4, -0.2) is 19.3 Å². The molecule has 2 heteroatoms. The summed E-state index contributed by atoms with van der Waals surface area (Å²) in [6.07, 6.45) is 18.1. The second kappa shape index (κ2) is 11.6. The molecule has 0 heterocycles. The fraction of sp³-hybridized carbons (Fsp3) is 1.00. The molecule has 0 amide bonds. The molecule has 20 heavy (non-hydrogen) atoms. The molecule has 0 saturated heterocycles. The molecule has 0 aromatic rings. The third-order valence-corrected chi connectivity index (χ3v) is 4.67. The van der Waals surface area contributed by atoms with Gasteiger partial charge in [0.25, 0.3) is 0 Å². The minimum absolute atomic E-state index is 0.265. The Balaban J connectivity index is 1.84. The van der Waals surface area contributed by atoms with Gasteiger partial charge in [0.05, 0.1) is 6.10 Å². The molecule has 1 aliphatic rings. The number of unbranched alkanes of at least 4 members (excludes halogenated alkanes) is 9. The van der Waals surface area contributed by atoms with E-state index in [9.17, 15) is 0 Å². The molecule has 0 radical (unpaired) electrons. The summed E-state index contributed by atoms with van der Waals surface area (Å²) in [5.74, 6) is 0.762. The summed E-state index contributed by atoms with van der Waals surface area (Å²) in [5.41, 5.74) is 6.25. The second-order valence-electron chi connectivity index (χ2n) is 6.67. The van der Waals surface area contributed by atoms with Crippen LogP contribution in [0.15, 0.2) is 0 Å². The average Bonchev–Trinajstić information content (AvgIpc) is 3.26. The van der Waals surface area contributed by atoms with E-state index >= 15 is 0 Å². The fourth-order valence-electron chi connectivity index (χ4n) is 3.17. The Bertz CT molecular complexity index is 215. The minimum atomic E-state index is 0.265. The fourth-order valence-corrected chi connectivity index (χ4v) is 3.17. The smallest absolute Gasteiger partial charge is 0.0750 e. The van der Waals surface area contributed by atoms with Gasteiger partial charge in [-0.05, 0) is 25.2 Å². The van der Waals surface area contributed by atoms with E-state index in [0.717, 1.165) is 12.3 Å². The Hall–Kier alpha value is -0.0800. The van der Waals surface area contributed by atoms with Crippen molar-refractivity contribution in [1.29, 1.82) is 0 Å². The van der Waals surface area contributed by atoms with E-state index in [0.29, 0.717) is 6.10 Å². The molecule has 1 aliphatic carbocycles. The monoisotopic (exact) mass is 283 g/mol. The molecular weight excluding hydrogens is 246 g/mol. The number of hydrogen-bond donors (Lipinski definition) is 1. The zero-order valence-electron chi connectivity index (χ0n) is 13.9. The highest BCUT2D eigenvalue weighted by atomic mass is 16.5. The molecule has 2 nitrogen and oxygen atoms in total. The highest BCUT2D eigenvalue weighted by Crippen LogP contribution is 2.36. The first-order valence-corrected chi connectivity index (χ1v) is 9.08. The summed E-state index contributed by atoms with van der Waals surface area (Å²) in [6, 6.07) is 0.265. The van der Waals surface area contributed by atoms with E-state index in [1.165, 1.54) is 77.0 Å². The Morgan fingerprint density at radius 3 is 1.85 bits per heavy atom. The van der Waals surface area contributed by atoms with Crippen LogP contribution in [-0.2, 0) is 4.74 Å². The highest BCUT2D eigenvalue weighted by molar-refractivity contribution is 4.88. The summed E-state index contributed by atoms with van der Waals surface area (Å²) < 4.78 is 5.55. The lowest BCUT2D eigenvalue weighted by molar-refractivity contribution is 0.0595. The van der Waals surface area contributed by atoms with E-state index in [1.807, 2.05) is 7.11 Å². The van der Waals surface area contributed by atoms with Gasteiger partial charge in [0, 0.05) is 13.2 Å². The second-order valence-corrected chi connectivity index (χ2v) is 6.67. The Morgan fingerprint density at radius 2 is 1.40 bits per heavy atom. The summed E-state index contributed by atoms with van der Waals surface area (Å²) >= 11 is 0. The van der Waals surface area contributed by atoms with Gasteiger partial charge in [-0.3, -0.25) is 0 Å². The molecule has 2 N–H and O–H groups in total. The van der Waals surface area contributed by atoms with Crippen LogP contribution in [0.2, 0.25) is 0 Å². The maximum Gasteiger partial charge on any atom is 0.0750 e. The van der Waals surface area contributed by atoms with Gasteiger partial charge in [0.2, 0.25) is 0 Å². The maximum absolute atomic E-state index is 6.25. The van der Waals surface area contributed by atoms with Crippen molar-refractivity contribution < 1.29 is 4.74 Å². The number of hydrogen-bond acceptors (Lipinski definition) is 2. The predicted molar refractivity (Wildman–Crippen MR) is 88.0 cm³/mol. The van der Waals surface area contributed by atoms with Crippen LogP contribution >= 0.6 is 0 Å². The molecule has 1 fully saturated rings. The van der Waals surface area contributed by atoms with Crippen molar-refractivity contribution in [3.63, 3.8) is 0 Å². The van der Waals surface area contributed by atoms with Crippen molar-refractivity contribution >= 4 is 0 Å². The molecule has 0 aliphatic heterocycles. The Morgan fingerprint density at radius 1 is 0.900 bits per heavy atom. The number of rotatable bonds is 14. The van der Waals surface area contributed by atoms with E-state index in [2.05, 4.69) is 6.92 Å². The van der Waals surface area contributed by atoms with Crippen molar-refractivity contribution in [2.45, 2.75) is 103 Å². The first-order chi connectivity index (χ1) is 9.79. The molecule has 120 valence electrons. The van der Waals surface area contributed by atoms with Crippen molar-refractivity contribution in [3.8, 4) is 0 Å². The van der Waals surface area contributed by atoms with Crippen molar-refractivity contribution in [1.82, 2.24) is 0 Å². The lowest BCUT2D eigenvalue weighted by Crippen LogP contribution is -2.37. The van der Waals surface area contributed by atoms with Gasteiger partial charge in [0.15, 0.2) is 0 Å². The molecular formula is C18H37NO. The van der Waals surface area contributed by atoms with Gasteiger partial charge in [0.1, 0.15) is 0 Å². The summed E-state index contributed by atoms with van der Waals surface area (Å²) in [5, 5.41) is 0. The molecule has 1 rings (SSSR count). The highest BCUT2D eigenvalue weighted by Gasteiger charge is 2.34. The lowest BCUT2D eigenvalue weighted by atomic mass is 9.99. The van der Waals surface area contributed by atoms with Gasteiger partial charge in [-0.25, -0.2) is 0 Å². The molecule has 0 aromatic carbocycles. The van der Waals surface area contributed by atoms with E-state index in [-0.39, 0.29) is 6.04 Å². The van der Waals surface area contributed by atoms with Crippen LogP contribution in [0.1, 0.15) is 90.4 Å². The standard InChI is InChI=1S/C18H37NO/c1-3-4-5-6-7-8-9-10-11-12-13-17(19)18(20-2)16-14-15-16/h16-18H,3-15,19H2,1-2H3. The average molecular weight is 284 g/mol. The molecule has 2 atom stereocenters. The predicted octanol–water partition coefficient (Wildman–Crippen LogP) is 5.05. The maximum atomic E-state index is 6.25. The van der Waals surface area contributed by atoms with E-state index in [1.54, 1.807) is 0 Å². The van der Waals surface area contributed by atoms with Gasteiger partial charge in [-0.1, -0.05) is 71.1 Å². The topological polar surface area (TPSA) is 35.2 Å². The van der Waals surface area contributed by atoms with Gasteiger partial charge in [-0.15, -0.1) is 0 Å². The number of nitrogens with two attached hydrogens (primary N) is 1. The first-order valence-electron chi connectivity index (χ1n) is 9.08. The van der Waals surface area contributed by atoms with Crippen molar-refractivity contribution in [3.05, 3.63) is 0 Å². The molecule has 0 aromatic heterocycles. The molecule has 2 unspecified atom stereocenters. The number of ether oxygens (including phenoxy) is 1. The van der Waals surface area contributed by atoms with Crippen LogP contribution < -0.4 is 5.73 Å². The van der Waals surface area contributed by atoms with Crippen LogP contribution in [0.3, 0.4) is 0 Å².